The zero-order chi connectivity index (χ0) is 33.0. The highest BCUT2D eigenvalue weighted by Gasteiger charge is 2.18. The van der Waals surface area contributed by atoms with Gasteiger partial charge in [-0.05, 0) is 46.2 Å². The van der Waals surface area contributed by atoms with Crippen LogP contribution in [0.25, 0.3) is 97.0 Å². The van der Waals surface area contributed by atoms with Crippen molar-refractivity contribution in [1.82, 2.24) is 19.9 Å². The van der Waals surface area contributed by atoms with E-state index in [0.29, 0.717) is 17.5 Å². The molecule has 234 valence electrons. The minimum absolute atomic E-state index is 0.646. The van der Waals surface area contributed by atoms with Crippen molar-refractivity contribution in [2.75, 3.05) is 0 Å². The Hall–Kier alpha value is -6.08. The number of thiazole rings is 1. The van der Waals surface area contributed by atoms with Gasteiger partial charge in [0.25, 0.3) is 0 Å². The van der Waals surface area contributed by atoms with Crippen LogP contribution in [0.3, 0.4) is 0 Å². The van der Waals surface area contributed by atoms with Gasteiger partial charge >= 0.3 is 0 Å². The average Bonchev–Trinajstić information content (AvgIpc) is 3.78. The highest BCUT2D eigenvalue weighted by atomic mass is 32.1. The highest BCUT2D eigenvalue weighted by molar-refractivity contribution is 7.26. The molecule has 0 aliphatic carbocycles. The minimum atomic E-state index is 0.646. The first-order valence-corrected chi connectivity index (χ1v) is 18.1. The normalized spacial score (nSPS) is 11.6. The smallest absolute Gasteiger partial charge is 0.165 e. The number of fused-ring (bicyclic) bond motifs is 5. The van der Waals surface area contributed by atoms with Crippen LogP contribution in [0.2, 0.25) is 0 Å². The number of benzene rings is 7. The van der Waals surface area contributed by atoms with Crippen molar-refractivity contribution < 1.29 is 0 Å². The maximum atomic E-state index is 5.18. The predicted molar refractivity (Wildman–Crippen MR) is 211 cm³/mol. The third-order valence-electron chi connectivity index (χ3n) is 9.16. The van der Waals surface area contributed by atoms with Crippen LogP contribution in [-0.4, -0.2) is 19.9 Å². The van der Waals surface area contributed by atoms with Crippen molar-refractivity contribution in [2.24, 2.45) is 0 Å². The van der Waals surface area contributed by atoms with Gasteiger partial charge in [-0.15, -0.1) is 22.7 Å². The second-order valence-electron chi connectivity index (χ2n) is 12.3. The van der Waals surface area contributed by atoms with Gasteiger partial charge in [-0.2, -0.15) is 0 Å². The summed E-state index contributed by atoms with van der Waals surface area (Å²) < 4.78 is 3.54. The molecular weight excluding hydrogens is 649 g/mol. The minimum Gasteiger partial charge on any atom is -0.236 e. The maximum Gasteiger partial charge on any atom is 0.165 e. The number of rotatable bonds is 5. The summed E-state index contributed by atoms with van der Waals surface area (Å²) in [6, 6.07) is 55.0. The number of aromatic nitrogens is 4. The van der Waals surface area contributed by atoms with E-state index in [1.54, 1.807) is 22.7 Å². The lowest BCUT2D eigenvalue weighted by Crippen LogP contribution is -2.00. The van der Waals surface area contributed by atoms with Gasteiger partial charge in [0.2, 0.25) is 0 Å². The molecule has 0 fully saturated rings. The molecule has 0 bridgehead atoms. The summed E-state index contributed by atoms with van der Waals surface area (Å²) in [6.07, 6.45) is 0. The van der Waals surface area contributed by atoms with E-state index in [1.807, 2.05) is 24.3 Å². The molecule has 0 aliphatic heterocycles. The van der Waals surface area contributed by atoms with Crippen LogP contribution in [0, 0.1) is 0 Å². The summed E-state index contributed by atoms with van der Waals surface area (Å²) in [4.78, 5) is 20.4. The molecule has 3 aromatic heterocycles. The molecule has 7 aromatic carbocycles. The largest absolute Gasteiger partial charge is 0.236 e. The van der Waals surface area contributed by atoms with Gasteiger partial charge in [0, 0.05) is 42.4 Å². The lowest BCUT2D eigenvalue weighted by Gasteiger charge is -2.11. The van der Waals surface area contributed by atoms with Crippen molar-refractivity contribution in [1.29, 1.82) is 0 Å². The molecule has 0 radical (unpaired) electrons. The quantitative estimate of drug-likeness (QED) is 0.182. The number of hydrogen-bond acceptors (Lipinski definition) is 6. The second kappa shape index (κ2) is 11.8. The molecule has 10 rings (SSSR count). The molecule has 6 heteroatoms. The lowest BCUT2D eigenvalue weighted by molar-refractivity contribution is 1.08. The van der Waals surface area contributed by atoms with E-state index in [4.69, 9.17) is 19.9 Å². The Bertz CT molecular complexity index is 2870. The molecule has 50 heavy (non-hydrogen) atoms. The Morgan fingerprint density at radius 1 is 0.360 bits per heavy atom. The molecule has 0 N–H and O–H groups in total. The topological polar surface area (TPSA) is 51.6 Å². The molecule has 0 spiro atoms. The van der Waals surface area contributed by atoms with Gasteiger partial charge in [0.15, 0.2) is 17.5 Å². The Morgan fingerprint density at radius 3 is 1.84 bits per heavy atom. The number of hydrogen-bond donors (Lipinski definition) is 0. The second-order valence-corrected chi connectivity index (χ2v) is 14.3. The number of nitrogens with zero attached hydrogens (tertiary/aromatic N) is 4. The standard InChI is InChI=1S/C44H26N4S2/c1-3-13-28(14-4-1)41-46-42(31-19-9-18-30(24-31)33-21-10-17-27-12-7-8-20-32(27)33)48-43(47-41)35-23-11-22-34-36-25-39-37(26-38(36)49-40(34)35)45-44(50-39)29-15-5-2-6-16-29/h1-26H. The maximum absolute atomic E-state index is 5.18. The molecule has 0 amide bonds. The fraction of sp³-hybridized carbons (Fsp3) is 0. The summed E-state index contributed by atoms with van der Waals surface area (Å²) in [5.41, 5.74) is 7.37. The van der Waals surface area contributed by atoms with Crippen molar-refractivity contribution >= 4 is 63.8 Å². The zero-order valence-corrected chi connectivity index (χ0v) is 28.2. The van der Waals surface area contributed by atoms with E-state index in [0.717, 1.165) is 43.0 Å². The van der Waals surface area contributed by atoms with Crippen LogP contribution in [-0.2, 0) is 0 Å². The Balaban J connectivity index is 1.14. The van der Waals surface area contributed by atoms with Gasteiger partial charge in [-0.1, -0.05) is 133 Å². The summed E-state index contributed by atoms with van der Waals surface area (Å²) in [5, 5.41) is 5.89. The number of thiophene rings is 1. The highest BCUT2D eigenvalue weighted by Crippen LogP contribution is 2.43. The lowest BCUT2D eigenvalue weighted by atomic mass is 9.97. The Morgan fingerprint density at radius 2 is 0.980 bits per heavy atom. The van der Waals surface area contributed by atoms with Gasteiger partial charge in [-0.3, -0.25) is 0 Å². The first kappa shape index (κ1) is 28.9. The molecule has 4 nitrogen and oxygen atoms in total. The van der Waals surface area contributed by atoms with Crippen molar-refractivity contribution in [3.8, 4) is 55.9 Å². The average molecular weight is 675 g/mol. The van der Waals surface area contributed by atoms with Crippen LogP contribution in [0.4, 0.5) is 0 Å². The molecule has 0 saturated heterocycles. The molecule has 0 atom stereocenters. The fourth-order valence-corrected chi connectivity index (χ4v) is 8.96. The van der Waals surface area contributed by atoms with Gasteiger partial charge in [0.05, 0.1) is 10.2 Å². The molecule has 10 aromatic rings. The van der Waals surface area contributed by atoms with Crippen molar-refractivity contribution in [2.45, 2.75) is 0 Å². The molecule has 3 heterocycles. The summed E-state index contributed by atoms with van der Waals surface area (Å²) in [5.74, 6) is 1.96. The monoisotopic (exact) mass is 674 g/mol. The molecule has 0 unspecified atom stereocenters. The molecule has 0 aliphatic rings. The Labute approximate surface area is 296 Å². The van der Waals surface area contributed by atoms with Crippen molar-refractivity contribution in [3.63, 3.8) is 0 Å². The summed E-state index contributed by atoms with van der Waals surface area (Å²) in [7, 11) is 0. The first-order chi connectivity index (χ1) is 24.7. The van der Waals surface area contributed by atoms with Crippen LogP contribution in [0.15, 0.2) is 158 Å². The predicted octanol–water partition coefficient (Wildman–Crippen LogP) is 12.3. The van der Waals surface area contributed by atoms with Gasteiger partial charge in [0.1, 0.15) is 5.01 Å². The zero-order valence-electron chi connectivity index (χ0n) is 26.6. The van der Waals surface area contributed by atoms with E-state index in [1.165, 1.54) is 36.5 Å². The fourth-order valence-electron chi connectivity index (χ4n) is 6.74. The SMILES string of the molecule is c1ccc(-c2nc(-c3cccc(-c4cccc5ccccc45)c3)nc(-c3cccc4c3sc3cc5nc(-c6ccccc6)sc5cc34)n2)cc1. The summed E-state index contributed by atoms with van der Waals surface area (Å²) >= 11 is 3.51. The van der Waals surface area contributed by atoms with Gasteiger partial charge in [-0.25, -0.2) is 19.9 Å². The molecular formula is C44H26N4S2. The van der Waals surface area contributed by atoms with E-state index in [9.17, 15) is 0 Å². The third-order valence-corrected chi connectivity index (χ3v) is 11.4. The van der Waals surface area contributed by atoms with Crippen LogP contribution < -0.4 is 0 Å². The van der Waals surface area contributed by atoms with Crippen LogP contribution >= 0.6 is 22.7 Å². The third kappa shape index (κ3) is 4.96. The van der Waals surface area contributed by atoms with Gasteiger partial charge < -0.3 is 0 Å². The van der Waals surface area contributed by atoms with Crippen LogP contribution in [0.1, 0.15) is 0 Å². The Kier molecular flexibility index (Phi) is 6.82. The van der Waals surface area contributed by atoms with E-state index in [-0.39, 0.29) is 0 Å². The van der Waals surface area contributed by atoms with Crippen molar-refractivity contribution in [3.05, 3.63) is 158 Å². The summed E-state index contributed by atoms with van der Waals surface area (Å²) in [6.45, 7) is 0. The molecule has 0 saturated carbocycles. The van der Waals surface area contributed by atoms with Crippen LogP contribution in [0.5, 0.6) is 0 Å². The first-order valence-electron chi connectivity index (χ1n) is 16.5. The van der Waals surface area contributed by atoms with E-state index >= 15 is 0 Å². The van der Waals surface area contributed by atoms with E-state index < -0.39 is 0 Å². The van der Waals surface area contributed by atoms with E-state index in [2.05, 4.69) is 133 Å².